The Morgan fingerprint density at radius 2 is 2.00 bits per heavy atom. The number of imidazole rings is 1. The summed E-state index contributed by atoms with van der Waals surface area (Å²) in [7, 11) is 0. The van der Waals surface area contributed by atoms with E-state index in [0.29, 0.717) is 5.02 Å². The van der Waals surface area contributed by atoms with Crippen LogP contribution in [0.1, 0.15) is 0 Å². The average Bonchev–Trinajstić information content (AvgIpc) is 2.72. The van der Waals surface area contributed by atoms with Gasteiger partial charge in [-0.2, -0.15) is 0 Å². The molecule has 0 aliphatic carbocycles. The van der Waals surface area contributed by atoms with Crippen molar-refractivity contribution in [2.24, 2.45) is 0 Å². The summed E-state index contributed by atoms with van der Waals surface area (Å²) in [6.45, 7) is 0. The molecule has 0 fully saturated rings. The van der Waals surface area contributed by atoms with Crippen molar-refractivity contribution < 1.29 is 0 Å². The summed E-state index contributed by atoms with van der Waals surface area (Å²) >= 11 is 9.41. The largest absolute Gasteiger partial charge is 0.338 e. The topological polar surface area (TPSA) is 28.7 Å². The van der Waals surface area contributed by atoms with Gasteiger partial charge in [-0.1, -0.05) is 39.7 Å². The quantitative estimate of drug-likeness (QED) is 0.697. The number of nitrogens with zero attached hydrogens (tertiary/aromatic N) is 1. The van der Waals surface area contributed by atoms with E-state index < -0.39 is 0 Å². The first-order chi connectivity index (χ1) is 8.22. The van der Waals surface area contributed by atoms with Crippen LogP contribution in [-0.2, 0) is 0 Å². The van der Waals surface area contributed by atoms with Gasteiger partial charge in [-0.15, -0.1) is 0 Å². The van der Waals surface area contributed by atoms with Crippen molar-refractivity contribution in [3.8, 4) is 11.4 Å². The molecule has 2 aromatic carbocycles. The molecular formula is C13H8BrClN2. The highest BCUT2D eigenvalue weighted by Gasteiger charge is 2.05. The van der Waals surface area contributed by atoms with Crippen LogP contribution < -0.4 is 0 Å². The van der Waals surface area contributed by atoms with Crippen LogP contribution >= 0.6 is 27.5 Å². The van der Waals surface area contributed by atoms with Crippen LogP contribution in [0.5, 0.6) is 0 Å². The lowest BCUT2D eigenvalue weighted by Gasteiger charge is -1.96. The Bertz CT molecular complexity index is 691. The summed E-state index contributed by atoms with van der Waals surface area (Å²) in [5.41, 5.74) is 2.95. The van der Waals surface area contributed by atoms with E-state index in [0.717, 1.165) is 26.9 Å². The fraction of sp³-hybridized carbons (Fsp3) is 0. The molecule has 0 radical (unpaired) electrons. The van der Waals surface area contributed by atoms with Gasteiger partial charge in [-0.05, 0) is 30.3 Å². The maximum Gasteiger partial charge on any atom is 0.138 e. The first-order valence-corrected chi connectivity index (χ1v) is 6.31. The van der Waals surface area contributed by atoms with E-state index in [1.54, 1.807) is 0 Å². The number of H-pyrrole nitrogens is 1. The number of rotatable bonds is 1. The minimum atomic E-state index is 0.712. The highest BCUT2D eigenvalue weighted by Crippen LogP contribution is 2.24. The molecule has 0 amide bonds. The second-order valence-electron chi connectivity index (χ2n) is 3.76. The van der Waals surface area contributed by atoms with Crippen LogP contribution in [0.15, 0.2) is 46.9 Å². The van der Waals surface area contributed by atoms with Crippen molar-refractivity contribution in [3.63, 3.8) is 0 Å². The van der Waals surface area contributed by atoms with Crippen LogP contribution in [0.4, 0.5) is 0 Å². The van der Waals surface area contributed by atoms with Crippen molar-refractivity contribution in [2.75, 3.05) is 0 Å². The molecular weight excluding hydrogens is 300 g/mol. The number of hydrogen-bond acceptors (Lipinski definition) is 1. The number of aromatic amines is 1. The summed E-state index contributed by atoms with van der Waals surface area (Å²) in [5, 5.41) is 0.712. The van der Waals surface area contributed by atoms with Gasteiger partial charge >= 0.3 is 0 Å². The van der Waals surface area contributed by atoms with Gasteiger partial charge in [0.15, 0.2) is 0 Å². The summed E-state index contributed by atoms with van der Waals surface area (Å²) in [6.07, 6.45) is 0. The average molecular weight is 308 g/mol. The standard InChI is InChI=1S/C13H8BrClN2/c14-9-4-5-11-12(7-9)17-13(16-11)8-2-1-3-10(15)6-8/h1-7H,(H,16,17). The van der Waals surface area contributed by atoms with E-state index >= 15 is 0 Å². The number of hydrogen-bond donors (Lipinski definition) is 1. The monoisotopic (exact) mass is 306 g/mol. The van der Waals surface area contributed by atoms with E-state index in [-0.39, 0.29) is 0 Å². The van der Waals surface area contributed by atoms with Crippen molar-refractivity contribution in [2.45, 2.75) is 0 Å². The fourth-order valence-corrected chi connectivity index (χ4v) is 2.31. The minimum absolute atomic E-state index is 0.712. The predicted octanol–water partition coefficient (Wildman–Crippen LogP) is 4.65. The zero-order chi connectivity index (χ0) is 11.8. The molecule has 0 saturated heterocycles. The molecule has 0 bridgehead atoms. The molecule has 0 aliphatic rings. The molecule has 2 nitrogen and oxygen atoms in total. The van der Waals surface area contributed by atoms with Gasteiger partial charge < -0.3 is 4.98 Å². The zero-order valence-electron chi connectivity index (χ0n) is 8.74. The van der Waals surface area contributed by atoms with Crippen molar-refractivity contribution in [3.05, 3.63) is 52.0 Å². The molecule has 17 heavy (non-hydrogen) atoms. The highest BCUT2D eigenvalue weighted by atomic mass is 79.9. The second kappa shape index (κ2) is 4.17. The summed E-state index contributed by atoms with van der Waals surface area (Å²) in [6, 6.07) is 13.6. The molecule has 0 spiro atoms. The van der Waals surface area contributed by atoms with Gasteiger partial charge in [0.1, 0.15) is 5.82 Å². The van der Waals surface area contributed by atoms with E-state index in [1.165, 1.54) is 0 Å². The van der Waals surface area contributed by atoms with Crippen molar-refractivity contribution in [1.82, 2.24) is 9.97 Å². The van der Waals surface area contributed by atoms with Gasteiger partial charge in [0, 0.05) is 15.1 Å². The number of fused-ring (bicyclic) bond motifs is 1. The molecule has 84 valence electrons. The molecule has 3 aromatic rings. The molecule has 0 atom stereocenters. The van der Waals surface area contributed by atoms with E-state index in [1.807, 2.05) is 42.5 Å². The Hall–Kier alpha value is -1.32. The Balaban J connectivity index is 2.18. The first-order valence-electron chi connectivity index (χ1n) is 5.13. The number of nitrogens with one attached hydrogen (secondary N) is 1. The molecule has 1 aromatic heterocycles. The van der Waals surface area contributed by atoms with E-state index in [2.05, 4.69) is 25.9 Å². The second-order valence-corrected chi connectivity index (χ2v) is 5.11. The van der Waals surface area contributed by atoms with Crippen molar-refractivity contribution >= 4 is 38.6 Å². The SMILES string of the molecule is Clc1cccc(-c2nc3ccc(Br)cc3[nH]2)c1. The molecule has 0 aliphatic heterocycles. The van der Waals surface area contributed by atoms with E-state index in [4.69, 9.17) is 11.6 Å². The Labute approximate surface area is 112 Å². The lowest BCUT2D eigenvalue weighted by Crippen LogP contribution is -1.79. The third-order valence-electron chi connectivity index (χ3n) is 2.54. The van der Waals surface area contributed by atoms with Crippen LogP contribution in [0.25, 0.3) is 22.4 Å². The van der Waals surface area contributed by atoms with Crippen LogP contribution in [0.3, 0.4) is 0 Å². The first kappa shape index (κ1) is 10.8. The smallest absolute Gasteiger partial charge is 0.138 e. The van der Waals surface area contributed by atoms with Gasteiger partial charge in [0.25, 0.3) is 0 Å². The van der Waals surface area contributed by atoms with Crippen molar-refractivity contribution in [1.29, 1.82) is 0 Å². The zero-order valence-corrected chi connectivity index (χ0v) is 11.1. The molecule has 1 N–H and O–H groups in total. The van der Waals surface area contributed by atoms with Gasteiger partial charge in [-0.3, -0.25) is 0 Å². The third kappa shape index (κ3) is 2.08. The maximum absolute atomic E-state index is 5.97. The van der Waals surface area contributed by atoms with Crippen LogP contribution in [0, 0.1) is 0 Å². The molecule has 4 heteroatoms. The van der Waals surface area contributed by atoms with Crippen LogP contribution in [0.2, 0.25) is 5.02 Å². The summed E-state index contributed by atoms with van der Waals surface area (Å²) in [5.74, 6) is 0.834. The number of aromatic nitrogens is 2. The van der Waals surface area contributed by atoms with Gasteiger partial charge in [0.2, 0.25) is 0 Å². The maximum atomic E-state index is 5.97. The molecule has 1 heterocycles. The third-order valence-corrected chi connectivity index (χ3v) is 3.27. The molecule has 0 saturated carbocycles. The highest BCUT2D eigenvalue weighted by molar-refractivity contribution is 9.10. The Morgan fingerprint density at radius 3 is 2.82 bits per heavy atom. The lowest BCUT2D eigenvalue weighted by atomic mass is 10.2. The Morgan fingerprint density at radius 1 is 1.12 bits per heavy atom. The van der Waals surface area contributed by atoms with Gasteiger partial charge in [0.05, 0.1) is 11.0 Å². The lowest BCUT2D eigenvalue weighted by molar-refractivity contribution is 1.34. The summed E-state index contributed by atoms with van der Waals surface area (Å²) < 4.78 is 1.03. The Kier molecular flexibility index (Phi) is 2.65. The van der Waals surface area contributed by atoms with Gasteiger partial charge in [-0.25, -0.2) is 4.98 Å². The number of halogens is 2. The van der Waals surface area contributed by atoms with E-state index in [9.17, 15) is 0 Å². The number of benzene rings is 2. The summed E-state index contributed by atoms with van der Waals surface area (Å²) in [4.78, 5) is 7.81. The fourth-order valence-electron chi connectivity index (χ4n) is 1.75. The minimum Gasteiger partial charge on any atom is -0.338 e. The van der Waals surface area contributed by atoms with Crippen LogP contribution in [-0.4, -0.2) is 9.97 Å². The normalized spacial score (nSPS) is 10.9. The predicted molar refractivity (Wildman–Crippen MR) is 74.2 cm³/mol. The molecule has 3 rings (SSSR count). The molecule has 0 unspecified atom stereocenters.